The molecule has 4 nitrogen and oxygen atoms in total. The SMILES string of the molecule is CCCCCCCCCCCCOc1ccc(C(CC)NC(=O)c2cc[n+](C)cc2)c(C)c1.[I-]. The van der Waals surface area contributed by atoms with Crippen molar-refractivity contribution < 1.29 is 38.1 Å². The quantitative estimate of drug-likeness (QED) is 0.185. The first-order valence-electron chi connectivity index (χ1n) is 13.0. The van der Waals surface area contributed by atoms with E-state index in [1.165, 1.54) is 57.8 Å². The Morgan fingerprint density at radius 2 is 1.50 bits per heavy atom. The van der Waals surface area contributed by atoms with Crippen molar-refractivity contribution in [3.05, 3.63) is 59.4 Å². The number of ether oxygens (including phenoxy) is 1. The zero-order valence-electron chi connectivity index (χ0n) is 21.7. The van der Waals surface area contributed by atoms with Crippen molar-refractivity contribution in [1.29, 1.82) is 0 Å². The molecule has 0 radical (unpaired) electrons. The number of aromatic nitrogens is 1. The van der Waals surface area contributed by atoms with Gasteiger partial charge in [-0.3, -0.25) is 4.79 Å². The number of rotatable bonds is 16. The highest BCUT2D eigenvalue weighted by atomic mass is 127. The van der Waals surface area contributed by atoms with Gasteiger partial charge in [-0.15, -0.1) is 0 Å². The molecule has 0 aliphatic carbocycles. The molecule has 1 atom stereocenters. The maximum absolute atomic E-state index is 12.7. The second kappa shape index (κ2) is 17.8. The van der Waals surface area contributed by atoms with E-state index >= 15 is 0 Å². The molecule has 0 bridgehead atoms. The van der Waals surface area contributed by atoms with E-state index in [1.54, 1.807) is 0 Å². The minimum Gasteiger partial charge on any atom is -1.00 e. The third-order valence-electron chi connectivity index (χ3n) is 6.34. The fourth-order valence-corrected chi connectivity index (χ4v) is 4.20. The molecule has 34 heavy (non-hydrogen) atoms. The first-order valence-corrected chi connectivity index (χ1v) is 13.0. The van der Waals surface area contributed by atoms with Gasteiger partial charge in [0.05, 0.1) is 18.2 Å². The maximum atomic E-state index is 12.7. The van der Waals surface area contributed by atoms with Gasteiger partial charge in [-0.25, -0.2) is 4.57 Å². The summed E-state index contributed by atoms with van der Waals surface area (Å²) in [4.78, 5) is 12.7. The number of benzene rings is 1. The molecule has 1 heterocycles. The number of hydrogen-bond donors (Lipinski definition) is 1. The number of amides is 1. The minimum atomic E-state index is -0.0388. The largest absolute Gasteiger partial charge is 1.00 e. The van der Waals surface area contributed by atoms with Crippen LogP contribution in [0.3, 0.4) is 0 Å². The number of aryl methyl sites for hydroxylation is 2. The van der Waals surface area contributed by atoms with Crippen molar-refractivity contribution in [2.24, 2.45) is 7.05 Å². The van der Waals surface area contributed by atoms with Crippen LogP contribution in [0.5, 0.6) is 5.75 Å². The summed E-state index contributed by atoms with van der Waals surface area (Å²) in [5.41, 5.74) is 2.99. The van der Waals surface area contributed by atoms with Crippen molar-refractivity contribution >= 4 is 5.91 Å². The Labute approximate surface area is 224 Å². The summed E-state index contributed by atoms with van der Waals surface area (Å²) >= 11 is 0. The van der Waals surface area contributed by atoms with Crippen LogP contribution in [-0.4, -0.2) is 12.5 Å². The standard InChI is InChI=1S/C29H44N2O2.HI/c1-5-7-8-9-10-11-12-13-14-15-22-33-26-16-17-27(24(3)23-26)28(6-2)30-29(32)25-18-20-31(4)21-19-25;/h16-21,23,28H,5-15,22H2,1-4H3;1H. The van der Waals surface area contributed by atoms with Gasteiger partial charge >= 0.3 is 0 Å². The van der Waals surface area contributed by atoms with Crippen LogP contribution in [0.15, 0.2) is 42.7 Å². The topological polar surface area (TPSA) is 42.2 Å². The number of carbonyl (C=O) groups excluding carboxylic acids is 1. The summed E-state index contributed by atoms with van der Waals surface area (Å²) in [6, 6.07) is 9.92. The highest BCUT2D eigenvalue weighted by Gasteiger charge is 2.17. The van der Waals surface area contributed by atoms with Crippen molar-refractivity contribution in [1.82, 2.24) is 5.32 Å². The average molecular weight is 581 g/mol. The first kappa shape index (κ1) is 30.4. The predicted octanol–water partition coefficient (Wildman–Crippen LogP) is 4.00. The number of hydrogen-bond acceptors (Lipinski definition) is 2. The summed E-state index contributed by atoms with van der Waals surface area (Å²) in [7, 11) is 1.94. The highest BCUT2D eigenvalue weighted by Crippen LogP contribution is 2.25. The Morgan fingerprint density at radius 3 is 2.06 bits per heavy atom. The predicted molar refractivity (Wildman–Crippen MR) is 137 cm³/mol. The lowest BCUT2D eigenvalue weighted by molar-refractivity contribution is -0.671. The fraction of sp³-hybridized carbons (Fsp3) is 0.586. The van der Waals surface area contributed by atoms with Crippen LogP contribution < -0.4 is 38.6 Å². The van der Waals surface area contributed by atoms with Gasteiger partial charge in [0.15, 0.2) is 12.4 Å². The van der Waals surface area contributed by atoms with Crippen LogP contribution in [0.1, 0.15) is 112 Å². The summed E-state index contributed by atoms with van der Waals surface area (Å²) in [5.74, 6) is 0.882. The van der Waals surface area contributed by atoms with Gasteiger partial charge in [0.2, 0.25) is 0 Å². The number of pyridine rings is 1. The van der Waals surface area contributed by atoms with Crippen molar-refractivity contribution in [3.8, 4) is 5.75 Å². The van der Waals surface area contributed by atoms with Crippen molar-refractivity contribution in [2.75, 3.05) is 6.61 Å². The van der Waals surface area contributed by atoms with Gasteiger partial charge in [-0.05, 0) is 43.0 Å². The Bertz CT molecular complexity index is 823. The Balaban J connectivity index is 0.00000578. The molecule has 0 saturated carbocycles. The number of halogens is 1. The monoisotopic (exact) mass is 580 g/mol. The van der Waals surface area contributed by atoms with Crippen LogP contribution in [-0.2, 0) is 7.05 Å². The summed E-state index contributed by atoms with van der Waals surface area (Å²) in [6.07, 6.45) is 17.9. The minimum absolute atomic E-state index is 0. The number of unbranched alkanes of at least 4 members (excludes halogenated alkanes) is 9. The molecular weight excluding hydrogens is 535 g/mol. The Morgan fingerprint density at radius 1 is 0.912 bits per heavy atom. The molecule has 5 heteroatoms. The zero-order valence-corrected chi connectivity index (χ0v) is 23.9. The van der Waals surface area contributed by atoms with Gasteiger partial charge in [0.1, 0.15) is 12.8 Å². The number of nitrogens with zero attached hydrogens (tertiary/aromatic N) is 1. The summed E-state index contributed by atoms with van der Waals surface area (Å²) in [5, 5.41) is 3.18. The van der Waals surface area contributed by atoms with E-state index in [9.17, 15) is 4.79 Å². The van der Waals surface area contributed by atoms with Gasteiger partial charge in [0, 0.05) is 12.1 Å². The third-order valence-corrected chi connectivity index (χ3v) is 6.34. The molecule has 190 valence electrons. The second-order valence-corrected chi connectivity index (χ2v) is 9.24. The normalized spacial score (nSPS) is 11.5. The zero-order chi connectivity index (χ0) is 23.9. The van der Waals surface area contributed by atoms with E-state index in [-0.39, 0.29) is 35.9 Å². The Hall–Kier alpha value is -1.63. The van der Waals surface area contributed by atoms with Crippen molar-refractivity contribution in [2.45, 2.75) is 97.4 Å². The summed E-state index contributed by atoms with van der Waals surface area (Å²) in [6.45, 7) is 7.24. The molecule has 2 aromatic rings. The Kier molecular flexibility index (Phi) is 15.9. The second-order valence-electron chi connectivity index (χ2n) is 9.24. The molecule has 0 aliphatic rings. The lowest BCUT2D eigenvalue weighted by Gasteiger charge is -2.20. The van der Waals surface area contributed by atoms with Gasteiger partial charge in [-0.2, -0.15) is 0 Å². The van der Waals surface area contributed by atoms with Crippen LogP contribution in [0, 0.1) is 6.92 Å². The molecule has 0 fully saturated rings. The fourth-order valence-electron chi connectivity index (χ4n) is 4.20. The van der Waals surface area contributed by atoms with E-state index in [0.717, 1.165) is 36.3 Å². The van der Waals surface area contributed by atoms with Crippen molar-refractivity contribution in [3.63, 3.8) is 0 Å². The van der Waals surface area contributed by atoms with Crippen LogP contribution >= 0.6 is 0 Å². The van der Waals surface area contributed by atoms with E-state index in [0.29, 0.717) is 5.56 Å². The molecule has 1 amide bonds. The average Bonchev–Trinajstić information content (AvgIpc) is 2.81. The molecular formula is C29H45IN2O2. The van der Waals surface area contributed by atoms with Crippen LogP contribution in [0.2, 0.25) is 0 Å². The van der Waals surface area contributed by atoms with E-state index in [4.69, 9.17) is 4.74 Å². The first-order chi connectivity index (χ1) is 16.0. The number of carbonyl (C=O) groups is 1. The van der Waals surface area contributed by atoms with Gasteiger partial charge in [0.25, 0.3) is 5.91 Å². The number of nitrogens with one attached hydrogen (secondary N) is 1. The lowest BCUT2D eigenvalue weighted by atomic mass is 9.98. The molecule has 2 rings (SSSR count). The molecule has 1 unspecified atom stereocenters. The van der Waals surface area contributed by atoms with E-state index in [1.807, 2.05) is 42.2 Å². The molecule has 1 aromatic heterocycles. The van der Waals surface area contributed by atoms with Crippen LogP contribution in [0.4, 0.5) is 0 Å². The third kappa shape index (κ3) is 11.2. The van der Waals surface area contributed by atoms with Gasteiger partial charge < -0.3 is 34.0 Å². The lowest BCUT2D eigenvalue weighted by Crippen LogP contribution is -3.00. The van der Waals surface area contributed by atoms with E-state index in [2.05, 4.69) is 38.2 Å². The molecule has 0 aliphatic heterocycles. The molecule has 1 aromatic carbocycles. The van der Waals surface area contributed by atoms with Gasteiger partial charge in [-0.1, -0.05) is 77.7 Å². The molecule has 1 N–H and O–H groups in total. The summed E-state index contributed by atoms with van der Waals surface area (Å²) < 4.78 is 7.92. The maximum Gasteiger partial charge on any atom is 0.252 e. The van der Waals surface area contributed by atoms with E-state index < -0.39 is 0 Å². The molecule has 0 saturated heterocycles. The molecule has 0 spiro atoms. The van der Waals surface area contributed by atoms with Crippen LogP contribution in [0.25, 0.3) is 0 Å². The highest BCUT2D eigenvalue weighted by molar-refractivity contribution is 5.94. The smallest absolute Gasteiger partial charge is 0.252 e.